The Hall–Kier alpha value is -2.66. The molecule has 0 bridgehead atoms. The van der Waals surface area contributed by atoms with Crippen molar-refractivity contribution >= 4 is 21.7 Å². The summed E-state index contributed by atoms with van der Waals surface area (Å²) >= 11 is 0. The van der Waals surface area contributed by atoms with Crippen LogP contribution in [-0.2, 0) is 10.0 Å². The third-order valence-electron chi connectivity index (χ3n) is 3.82. The second-order valence-electron chi connectivity index (χ2n) is 5.56. The number of piperidine rings is 1. The van der Waals surface area contributed by atoms with Crippen molar-refractivity contribution in [3.63, 3.8) is 0 Å². The maximum Gasteiger partial charge on any atom is 0.261 e. The van der Waals surface area contributed by atoms with Crippen LogP contribution in [0.1, 0.15) is 24.8 Å². The first-order valence-electron chi connectivity index (χ1n) is 7.68. The van der Waals surface area contributed by atoms with E-state index in [2.05, 4.69) is 19.6 Å². The molecule has 1 fully saturated rings. The number of hydrogen-bond donors (Lipinski definition) is 1. The summed E-state index contributed by atoms with van der Waals surface area (Å²) < 4.78 is 27.1. The van der Waals surface area contributed by atoms with Gasteiger partial charge in [0.2, 0.25) is 5.95 Å². The van der Waals surface area contributed by atoms with Gasteiger partial charge in [-0.25, -0.2) is 18.4 Å². The topological polar surface area (TPSA) is 99.0 Å². The predicted molar refractivity (Wildman–Crippen MR) is 90.1 cm³/mol. The number of anilines is 2. The summed E-state index contributed by atoms with van der Waals surface area (Å²) in [6.07, 6.45) is 6.40. The van der Waals surface area contributed by atoms with Crippen molar-refractivity contribution in [3.05, 3.63) is 42.2 Å². The van der Waals surface area contributed by atoms with Crippen molar-refractivity contribution in [1.29, 1.82) is 5.26 Å². The van der Waals surface area contributed by atoms with Crippen LogP contribution in [0.15, 0.2) is 41.6 Å². The summed E-state index contributed by atoms with van der Waals surface area (Å²) in [5.41, 5.74) is 0.711. The van der Waals surface area contributed by atoms with Crippen molar-refractivity contribution in [2.24, 2.45) is 0 Å². The number of nitrogens with one attached hydrogen (secondary N) is 1. The zero-order valence-electron chi connectivity index (χ0n) is 13.0. The van der Waals surface area contributed by atoms with Crippen LogP contribution < -0.4 is 9.62 Å². The second kappa shape index (κ2) is 6.84. The van der Waals surface area contributed by atoms with Gasteiger partial charge in [-0.15, -0.1) is 0 Å². The van der Waals surface area contributed by atoms with Crippen LogP contribution in [0.25, 0.3) is 0 Å². The van der Waals surface area contributed by atoms with E-state index in [1.54, 1.807) is 0 Å². The van der Waals surface area contributed by atoms with Crippen molar-refractivity contribution in [2.75, 3.05) is 22.7 Å². The lowest BCUT2D eigenvalue weighted by atomic mass is 10.1. The fraction of sp³-hybridized carbons (Fsp3) is 0.312. The minimum atomic E-state index is -3.73. The smallest absolute Gasteiger partial charge is 0.261 e. The Morgan fingerprint density at radius 3 is 2.25 bits per heavy atom. The Morgan fingerprint density at radius 2 is 1.67 bits per heavy atom. The van der Waals surface area contributed by atoms with E-state index in [0.717, 1.165) is 25.9 Å². The summed E-state index contributed by atoms with van der Waals surface area (Å²) in [6.45, 7) is 1.85. The van der Waals surface area contributed by atoms with Gasteiger partial charge in [-0.1, -0.05) is 0 Å². The summed E-state index contributed by atoms with van der Waals surface area (Å²) in [4.78, 5) is 10.7. The molecule has 1 saturated heterocycles. The molecule has 2 heterocycles. The monoisotopic (exact) mass is 343 g/mol. The van der Waals surface area contributed by atoms with Gasteiger partial charge in [0, 0.05) is 13.1 Å². The highest BCUT2D eigenvalue weighted by molar-refractivity contribution is 7.92. The van der Waals surface area contributed by atoms with E-state index in [4.69, 9.17) is 5.26 Å². The molecule has 0 saturated carbocycles. The van der Waals surface area contributed by atoms with Crippen LogP contribution in [0.5, 0.6) is 0 Å². The predicted octanol–water partition coefficient (Wildman–Crippen LogP) is 2.14. The first kappa shape index (κ1) is 16.2. The molecule has 3 rings (SSSR count). The van der Waals surface area contributed by atoms with E-state index in [1.807, 2.05) is 6.07 Å². The van der Waals surface area contributed by atoms with Gasteiger partial charge >= 0.3 is 0 Å². The zero-order chi connectivity index (χ0) is 17.0. The maximum atomic E-state index is 12.3. The van der Waals surface area contributed by atoms with E-state index in [1.165, 1.54) is 43.1 Å². The summed E-state index contributed by atoms with van der Waals surface area (Å²) in [5.74, 6) is 0.621. The molecule has 0 amide bonds. The van der Waals surface area contributed by atoms with Crippen molar-refractivity contribution in [3.8, 4) is 6.07 Å². The first-order valence-corrected chi connectivity index (χ1v) is 9.17. The third kappa shape index (κ3) is 3.63. The number of nitriles is 1. The minimum absolute atomic E-state index is 0.0848. The normalized spacial score (nSPS) is 14.9. The average molecular weight is 343 g/mol. The molecule has 1 aromatic carbocycles. The standard InChI is InChI=1S/C16H17N5O2S/c17-10-13-4-6-15(7-5-13)24(22,23)20-14-11-18-16(19-12-14)21-8-2-1-3-9-21/h4-7,11-12,20H,1-3,8-9H2. The lowest BCUT2D eigenvalue weighted by Gasteiger charge is -2.26. The van der Waals surface area contributed by atoms with Crippen LogP contribution in [0, 0.1) is 11.3 Å². The van der Waals surface area contributed by atoms with Crippen LogP contribution in [0.2, 0.25) is 0 Å². The number of hydrogen-bond acceptors (Lipinski definition) is 6. The molecule has 1 aliphatic heterocycles. The average Bonchev–Trinajstić information content (AvgIpc) is 2.63. The number of aromatic nitrogens is 2. The largest absolute Gasteiger partial charge is 0.341 e. The van der Waals surface area contributed by atoms with Crippen LogP contribution in [0.3, 0.4) is 0 Å². The van der Waals surface area contributed by atoms with Gasteiger partial charge in [0.05, 0.1) is 34.6 Å². The van der Waals surface area contributed by atoms with Crippen molar-refractivity contribution in [2.45, 2.75) is 24.2 Å². The SMILES string of the molecule is N#Cc1ccc(S(=O)(=O)Nc2cnc(N3CCCCC3)nc2)cc1. The molecule has 1 aromatic heterocycles. The molecule has 2 aromatic rings. The molecule has 0 spiro atoms. The molecule has 1 aliphatic rings. The van der Waals surface area contributed by atoms with E-state index in [0.29, 0.717) is 17.2 Å². The highest BCUT2D eigenvalue weighted by Crippen LogP contribution is 2.18. The summed E-state index contributed by atoms with van der Waals surface area (Å²) in [5, 5.41) is 8.76. The van der Waals surface area contributed by atoms with E-state index in [-0.39, 0.29) is 4.90 Å². The highest BCUT2D eigenvalue weighted by atomic mass is 32.2. The minimum Gasteiger partial charge on any atom is -0.341 e. The second-order valence-corrected chi connectivity index (χ2v) is 7.24. The van der Waals surface area contributed by atoms with Gasteiger partial charge in [-0.2, -0.15) is 5.26 Å². The van der Waals surface area contributed by atoms with Gasteiger partial charge in [-0.3, -0.25) is 4.72 Å². The Balaban J connectivity index is 1.73. The van der Waals surface area contributed by atoms with Gasteiger partial charge in [0.25, 0.3) is 10.0 Å². The van der Waals surface area contributed by atoms with Crippen molar-refractivity contribution in [1.82, 2.24) is 9.97 Å². The Morgan fingerprint density at radius 1 is 1.04 bits per heavy atom. The first-order chi connectivity index (χ1) is 11.6. The fourth-order valence-electron chi connectivity index (χ4n) is 2.55. The maximum absolute atomic E-state index is 12.3. The lowest BCUT2D eigenvalue weighted by Crippen LogP contribution is -2.30. The summed E-state index contributed by atoms with van der Waals surface area (Å²) in [7, 11) is -3.73. The fourth-order valence-corrected chi connectivity index (χ4v) is 3.58. The molecule has 1 N–H and O–H groups in total. The Kier molecular flexibility index (Phi) is 4.62. The van der Waals surface area contributed by atoms with Crippen LogP contribution in [0.4, 0.5) is 11.6 Å². The molecule has 0 atom stereocenters. The lowest BCUT2D eigenvalue weighted by molar-refractivity contribution is 0.568. The molecular weight excluding hydrogens is 326 g/mol. The quantitative estimate of drug-likeness (QED) is 0.913. The number of nitrogens with zero attached hydrogens (tertiary/aromatic N) is 4. The summed E-state index contributed by atoms with van der Waals surface area (Å²) in [6, 6.07) is 7.66. The molecule has 0 radical (unpaired) electrons. The Bertz CT molecular complexity index is 836. The molecule has 0 unspecified atom stereocenters. The van der Waals surface area contributed by atoms with E-state index in [9.17, 15) is 8.42 Å². The molecule has 8 heteroatoms. The van der Waals surface area contributed by atoms with E-state index >= 15 is 0 Å². The number of rotatable bonds is 4. The van der Waals surface area contributed by atoms with Gasteiger partial charge in [0.15, 0.2) is 0 Å². The van der Waals surface area contributed by atoms with Crippen LogP contribution >= 0.6 is 0 Å². The molecular formula is C16H17N5O2S. The molecule has 0 aliphatic carbocycles. The zero-order valence-corrected chi connectivity index (χ0v) is 13.8. The van der Waals surface area contributed by atoms with Crippen LogP contribution in [-0.4, -0.2) is 31.5 Å². The molecule has 24 heavy (non-hydrogen) atoms. The van der Waals surface area contributed by atoms with E-state index < -0.39 is 10.0 Å². The third-order valence-corrected chi connectivity index (χ3v) is 5.22. The highest BCUT2D eigenvalue weighted by Gasteiger charge is 2.16. The molecule has 124 valence electrons. The van der Waals surface area contributed by atoms with Crippen molar-refractivity contribution < 1.29 is 8.42 Å². The Labute approximate surface area is 141 Å². The molecule has 7 nitrogen and oxygen atoms in total. The number of benzene rings is 1. The van der Waals surface area contributed by atoms with Gasteiger partial charge in [-0.05, 0) is 43.5 Å². The van der Waals surface area contributed by atoms with Gasteiger partial charge < -0.3 is 4.90 Å². The van der Waals surface area contributed by atoms with Gasteiger partial charge in [0.1, 0.15) is 0 Å². The number of sulfonamides is 1.